The van der Waals surface area contributed by atoms with E-state index in [0.29, 0.717) is 16.7 Å². The first-order valence-corrected chi connectivity index (χ1v) is 11.5. The first-order chi connectivity index (χ1) is 15.5. The zero-order valence-corrected chi connectivity index (χ0v) is 19.9. The molecule has 0 radical (unpaired) electrons. The number of rotatable bonds is 7. The minimum Gasteiger partial charge on any atom is -0.497 e. The van der Waals surface area contributed by atoms with Crippen LogP contribution in [-0.2, 0) is 4.79 Å². The van der Waals surface area contributed by atoms with Crippen molar-refractivity contribution >= 4 is 39.3 Å². The second-order valence-corrected chi connectivity index (χ2v) is 8.67. The van der Waals surface area contributed by atoms with E-state index < -0.39 is 0 Å². The first-order valence-electron chi connectivity index (χ1n) is 9.75. The summed E-state index contributed by atoms with van der Waals surface area (Å²) in [5, 5.41) is 12.2. The third-order valence-electron chi connectivity index (χ3n) is 4.59. The van der Waals surface area contributed by atoms with E-state index in [9.17, 15) is 4.79 Å². The number of aromatic nitrogens is 4. The number of benzene rings is 2. The van der Waals surface area contributed by atoms with Gasteiger partial charge in [-0.25, -0.2) is 0 Å². The van der Waals surface area contributed by atoms with Crippen LogP contribution >= 0.6 is 27.7 Å². The Balaban J connectivity index is 1.59. The van der Waals surface area contributed by atoms with E-state index in [1.54, 1.807) is 13.3 Å². The summed E-state index contributed by atoms with van der Waals surface area (Å²) in [7, 11) is 1.62. The van der Waals surface area contributed by atoms with E-state index in [-0.39, 0.29) is 11.7 Å². The minimum absolute atomic E-state index is 0.136. The van der Waals surface area contributed by atoms with Crippen LogP contribution < -0.4 is 10.1 Å². The highest BCUT2D eigenvalue weighted by Crippen LogP contribution is 2.29. The van der Waals surface area contributed by atoms with Crippen LogP contribution in [0.5, 0.6) is 5.75 Å². The molecule has 2 aromatic carbocycles. The number of anilines is 1. The van der Waals surface area contributed by atoms with Gasteiger partial charge in [0.15, 0.2) is 11.0 Å². The van der Waals surface area contributed by atoms with Gasteiger partial charge in [0.2, 0.25) is 5.91 Å². The highest BCUT2D eigenvalue weighted by molar-refractivity contribution is 9.10. The molecule has 0 atom stereocenters. The maximum Gasteiger partial charge on any atom is 0.234 e. The molecule has 0 fully saturated rings. The predicted octanol–water partition coefficient (Wildman–Crippen LogP) is 5.14. The number of hydrogen-bond acceptors (Lipinski definition) is 6. The maximum atomic E-state index is 12.6. The third-order valence-corrected chi connectivity index (χ3v) is 6.17. The van der Waals surface area contributed by atoms with Gasteiger partial charge in [0.1, 0.15) is 11.4 Å². The number of nitrogens with zero attached hydrogens (tertiary/aromatic N) is 4. The summed E-state index contributed by atoms with van der Waals surface area (Å²) in [4.78, 5) is 17.0. The molecule has 0 bridgehead atoms. The lowest BCUT2D eigenvalue weighted by molar-refractivity contribution is -0.113. The Morgan fingerprint density at radius 3 is 2.62 bits per heavy atom. The summed E-state index contributed by atoms with van der Waals surface area (Å²) in [6.45, 7) is 2.00. The first kappa shape index (κ1) is 22.0. The molecule has 0 spiro atoms. The van der Waals surface area contributed by atoms with Crippen molar-refractivity contribution in [2.75, 3.05) is 18.2 Å². The van der Waals surface area contributed by atoms with Crippen molar-refractivity contribution in [3.8, 4) is 23.0 Å². The second kappa shape index (κ2) is 9.97. The fourth-order valence-electron chi connectivity index (χ4n) is 3.03. The topological polar surface area (TPSA) is 81.9 Å². The van der Waals surface area contributed by atoms with Gasteiger partial charge in [-0.2, -0.15) is 0 Å². The Morgan fingerprint density at radius 1 is 1.12 bits per heavy atom. The van der Waals surface area contributed by atoms with Crippen molar-refractivity contribution in [1.29, 1.82) is 0 Å². The van der Waals surface area contributed by atoms with Gasteiger partial charge in [-0.1, -0.05) is 23.9 Å². The average Bonchev–Trinajstić information content (AvgIpc) is 3.24. The number of ether oxygens (including phenoxy) is 1. The summed E-state index contributed by atoms with van der Waals surface area (Å²) in [5.41, 5.74) is 3.38. The van der Waals surface area contributed by atoms with Crippen LogP contribution in [0.1, 0.15) is 5.56 Å². The highest BCUT2D eigenvalue weighted by atomic mass is 79.9. The van der Waals surface area contributed by atoms with Crippen LogP contribution in [0.2, 0.25) is 0 Å². The van der Waals surface area contributed by atoms with Crippen LogP contribution in [0, 0.1) is 6.92 Å². The number of aryl methyl sites for hydroxylation is 1. The smallest absolute Gasteiger partial charge is 0.234 e. The van der Waals surface area contributed by atoms with E-state index in [1.807, 2.05) is 72.2 Å². The van der Waals surface area contributed by atoms with Gasteiger partial charge in [-0.15, -0.1) is 10.2 Å². The largest absolute Gasteiger partial charge is 0.497 e. The molecule has 1 amide bonds. The summed E-state index contributed by atoms with van der Waals surface area (Å²) < 4.78 is 8.00. The molecule has 4 aromatic rings. The number of methoxy groups -OCH3 is 1. The Morgan fingerprint density at radius 2 is 1.94 bits per heavy atom. The molecular formula is C23H20BrN5O2S. The number of carbonyl (C=O) groups is 1. The van der Waals surface area contributed by atoms with E-state index >= 15 is 0 Å². The third kappa shape index (κ3) is 5.00. The van der Waals surface area contributed by atoms with E-state index in [2.05, 4.69) is 36.4 Å². The van der Waals surface area contributed by atoms with Crippen LogP contribution in [0.25, 0.3) is 17.2 Å². The van der Waals surface area contributed by atoms with Gasteiger partial charge >= 0.3 is 0 Å². The molecule has 7 nitrogen and oxygen atoms in total. The number of amides is 1. The average molecular weight is 510 g/mol. The standard InChI is InChI=1S/C23H20BrN5O2S/c1-15-6-11-19(18(24)13-15)26-21(30)14-32-23-28-27-22(20-5-3-4-12-25-20)29(23)16-7-9-17(31-2)10-8-16/h3-13H,14H2,1-2H3,(H,26,30). The normalized spacial score (nSPS) is 10.7. The number of halogens is 1. The van der Waals surface area contributed by atoms with Gasteiger partial charge < -0.3 is 10.1 Å². The molecule has 1 N–H and O–H groups in total. The molecule has 9 heteroatoms. The lowest BCUT2D eigenvalue weighted by atomic mass is 10.2. The SMILES string of the molecule is COc1ccc(-n2c(SCC(=O)Nc3ccc(C)cc3Br)nnc2-c2ccccn2)cc1. The fourth-order valence-corrected chi connectivity index (χ4v) is 4.37. The monoisotopic (exact) mass is 509 g/mol. The molecule has 2 aromatic heterocycles. The number of thioether (sulfide) groups is 1. The minimum atomic E-state index is -0.136. The van der Waals surface area contributed by atoms with Gasteiger partial charge in [0, 0.05) is 10.7 Å². The Hall–Kier alpha value is -3.17. The molecule has 0 aliphatic rings. The predicted molar refractivity (Wildman–Crippen MR) is 129 cm³/mol. The maximum absolute atomic E-state index is 12.6. The Bertz CT molecular complexity index is 1230. The number of hydrogen-bond donors (Lipinski definition) is 1. The van der Waals surface area contributed by atoms with Crippen molar-refractivity contribution < 1.29 is 9.53 Å². The molecule has 0 saturated carbocycles. The molecule has 32 heavy (non-hydrogen) atoms. The van der Waals surface area contributed by atoms with Crippen molar-refractivity contribution in [3.05, 3.63) is 76.9 Å². The highest BCUT2D eigenvalue weighted by Gasteiger charge is 2.18. The molecule has 162 valence electrons. The van der Waals surface area contributed by atoms with Crippen LogP contribution in [0.4, 0.5) is 5.69 Å². The summed E-state index contributed by atoms with van der Waals surface area (Å²) in [6, 6.07) is 19.0. The summed E-state index contributed by atoms with van der Waals surface area (Å²) in [6.07, 6.45) is 1.71. The summed E-state index contributed by atoms with van der Waals surface area (Å²) >= 11 is 4.80. The lowest BCUT2D eigenvalue weighted by Gasteiger charge is -2.11. The van der Waals surface area contributed by atoms with Crippen LogP contribution in [0.15, 0.2) is 76.5 Å². The lowest BCUT2D eigenvalue weighted by Crippen LogP contribution is -2.15. The van der Waals surface area contributed by atoms with Crippen molar-refractivity contribution in [1.82, 2.24) is 19.7 Å². The van der Waals surface area contributed by atoms with Gasteiger partial charge in [-0.05, 0) is 76.9 Å². The number of pyridine rings is 1. The molecule has 4 rings (SSSR count). The van der Waals surface area contributed by atoms with Crippen LogP contribution in [-0.4, -0.2) is 38.5 Å². The van der Waals surface area contributed by atoms with Crippen LogP contribution in [0.3, 0.4) is 0 Å². The summed E-state index contributed by atoms with van der Waals surface area (Å²) in [5.74, 6) is 1.39. The van der Waals surface area contributed by atoms with Gasteiger partial charge in [-0.3, -0.25) is 14.3 Å². The van der Waals surface area contributed by atoms with E-state index in [0.717, 1.165) is 27.2 Å². The van der Waals surface area contributed by atoms with E-state index in [4.69, 9.17) is 4.74 Å². The quantitative estimate of drug-likeness (QED) is 0.347. The zero-order chi connectivity index (χ0) is 22.5. The van der Waals surface area contributed by atoms with E-state index in [1.165, 1.54) is 11.8 Å². The molecule has 0 saturated heterocycles. The second-order valence-electron chi connectivity index (χ2n) is 6.87. The number of carbonyl (C=O) groups excluding carboxylic acids is 1. The van der Waals surface area contributed by atoms with Crippen molar-refractivity contribution in [2.45, 2.75) is 12.1 Å². The number of nitrogens with one attached hydrogen (secondary N) is 1. The Kier molecular flexibility index (Phi) is 6.87. The molecule has 0 aliphatic heterocycles. The Labute approximate surface area is 198 Å². The molecule has 0 unspecified atom stereocenters. The van der Waals surface area contributed by atoms with Gasteiger partial charge in [0.05, 0.1) is 24.2 Å². The van der Waals surface area contributed by atoms with Crippen molar-refractivity contribution in [3.63, 3.8) is 0 Å². The molecular weight excluding hydrogens is 490 g/mol. The van der Waals surface area contributed by atoms with Gasteiger partial charge in [0.25, 0.3) is 0 Å². The molecule has 0 aliphatic carbocycles. The fraction of sp³-hybridized carbons (Fsp3) is 0.130. The van der Waals surface area contributed by atoms with Crippen molar-refractivity contribution in [2.24, 2.45) is 0 Å². The zero-order valence-electron chi connectivity index (χ0n) is 17.4. The molecule has 2 heterocycles.